The van der Waals surface area contributed by atoms with Crippen LogP contribution in [0, 0.1) is 6.92 Å². The standard InChI is InChI=1S/C14H17ClN6O4/c1-7-9(15)11(19-21(7)3)13(23)17-5-4-16-12(22)10-8(14(24)25)6-20(2)18-10/h6H,4-5H2,1-3H3,(H,16,22)(H,17,23)(H,24,25). The summed E-state index contributed by atoms with van der Waals surface area (Å²) in [6.45, 7) is 1.94. The van der Waals surface area contributed by atoms with Crippen LogP contribution >= 0.6 is 11.6 Å². The van der Waals surface area contributed by atoms with E-state index in [9.17, 15) is 14.4 Å². The minimum absolute atomic E-state index is 0.0869. The Morgan fingerprint density at radius 1 is 1.12 bits per heavy atom. The number of carbonyl (C=O) groups excluding carboxylic acids is 2. The van der Waals surface area contributed by atoms with E-state index < -0.39 is 17.8 Å². The number of amides is 2. The van der Waals surface area contributed by atoms with Crippen molar-refractivity contribution in [2.75, 3.05) is 13.1 Å². The molecule has 2 aromatic heterocycles. The highest BCUT2D eigenvalue weighted by Gasteiger charge is 2.21. The monoisotopic (exact) mass is 368 g/mol. The number of carboxylic acids is 1. The minimum atomic E-state index is -1.24. The molecular weight excluding hydrogens is 352 g/mol. The summed E-state index contributed by atoms with van der Waals surface area (Å²) >= 11 is 6.02. The molecule has 10 nitrogen and oxygen atoms in total. The first kappa shape index (κ1) is 18.5. The van der Waals surface area contributed by atoms with Crippen LogP contribution in [0.4, 0.5) is 0 Å². The lowest BCUT2D eigenvalue weighted by molar-refractivity contribution is 0.0691. The fraction of sp³-hybridized carbons (Fsp3) is 0.357. The number of halogens is 1. The molecule has 2 aromatic rings. The van der Waals surface area contributed by atoms with E-state index in [0.29, 0.717) is 5.69 Å². The van der Waals surface area contributed by atoms with Gasteiger partial charge in [0.15, 0.2) is 11.4 Å². The number of nitrogens with zero attached hydrogens (tertiary/aromatic N) is 4. The van der Waals surface area contributed by atoms with Gasteiger partial charge in [-0.1, -0.05) is 11.6 Å². The summed E-state index contributed by atoms with van der Waals surface area (Å²) in [7, 11) is 3.19. The van der Waals surface area contributed by atoms with Crippen LogP contribution in [0.15, 0.2) is 6.20 Å². The van der Waals surface area contributed by atoms with Crippen LogP contribution in [0.2, 0.25) is 5.02 Å². The molecule has 25 heavy (non-hydrogen) atoms. The van der Waals surface area contributed by atoms with E-state index in [-0.39, 0.29) is 35.1 Å². The van der Waals surface area contributed by atoms with E-state index in [2.05, 4.69) is 20.8 Å². The highest BCUT2D eigenvalue weighted by molar-refractivity contribution is 6.34. The number of hydrogen-bond donors (Lipinski definition) is 3. The van der Waals surface area contributed by atoms with Crippen molar-refractivity contribution in [3.05, 3.63) is 33.9 Å². The molecule has 0 fully saturated rings. The van der Waals surface area contributed by atoms with Crippen LogP contribution in [0.25, 0.3) is 0 Å². The van der Waals surface area contributed by atoms with Gasteiger partial charge in [0.25, 0.3) is 11.8 Å². The maximum Gasteiger partial charge on any atom is 0.339 e. The molecule has 0 radical (unpaired) electrons. The van der Waals surface area contributed by atoms with Crippen LogP contribution in [-0.4, -0.2) is 55.5 Å². The number of aromatic carboxylic acids is 1. The van der Waals surface area contributed by atoms with Gasteiger partial charge in [-0.3, -0.25) is 19.0 Å². The lowest BCUT2D eigenvalue weighted by Crippen LogP contribution is -2.35. The SMILES string of the molecule is Cc1c(Cl)c(C(=O)NCCNC(=O)c2nn(C)cc2C(=O)O)nn1C. The van der Waals surface area contributed by atoms with Gasteiger partial charge in [0, 0.05) is 33.4 Å². The molecule has 3 N–H and O–H groups in total. The van der Waals surface area contributed by atoms with E-state index >= 15 is 0 Å². The third kappa shape index (κ3) is 3.97. The number of rotatable bonds is 6. The summed E-state index contributed by atoms with van der Waals surface area (Å²) in [6.07, 6.45) is 1.24. The molecule has 0 unspecified atom stereocenters. The molecule has 0 bridgehead atoms. The van der Waals surface area contributed by atoms with Crippen LogP contribution in [0.3, 0.4) is 0 Å². The summed E-state index contributed by atoms with van der Waals surface area (Å²) in [5.41, 5.74) is 0.381. The van der Waals surface area contributed by atoms with Crippen LogP contribution in [0.1, 0.15) is 37.0 Å². The number of nitrogens with one attached hydrogen (secondary N) is 2. The highest BCUT2D eigenvalue weighted by Crippen LogP contribution is 2.18. The Labute approximate surface area is 147 Å². The predicted molar refractivity (Wildman–Crippen MR) is 87.8 cm³/mol. The van der Waals surface area contributed by atoms with Gasteiger partial charge in [-0.05, 0) is 6.92 Å². The second-order valence-electron chi connectivity index (χ2n) is 5.25. The number of carboxylic acid groups (broad SMARTS) is 1. The Morgan fingerprint density at radius 3 is 2.16 bits per heavy atom. The fourth-order valence-electron chi connectivity index (χ4n) is 2.06. The van der Waals surface area contributed by atoms with Crippen molar-refractivity contribution < 1.29 is 19.5 Å². The topological polar surface area (TPSA) is 131 Å². The van der Waals surface area contributed by atoms with E-state index in [1.165, 1.54) is 22.6 Å². The van der Waals surface area contributed by atoms with E-state index in [1.54, 1.807) is 14.0 Å². The first-order chi connectivity index (χ1) is 11.7. The van der Waals surface area contributed by atoms with E-state index in [1.807, 2.05) is 0 Å². The molecular formula is C14H17ClN6O4. The zero-order valence-electron chi connectivity index (χ0n) is 13.8. The summed E-state index contributed by atoms with van der Waals surface area (Å²) < 4.78 is 2.74. The molecule has 134 valence electrons. The van der Waals surface area contributed by atoms with Crippen LogP contribution < -0.4 is 10.6 Å². The lowest BCUT2D eigenvalue weighted by atomic mass is 10.2. The quantitative estimate of drug-likeness (QED) is 0.614. The lowest BCUT2D eigenvalue weighted by Gasteiger charge is -2.05. The first-order valence-corrected chi connectivity index (χ1v) is 7.62. The molecule has 0 saturated carbocycles. The van der Waals surface area contributed by atoms with Crippen molar-refractivity contribution in [1.82, 2.24) is 30.2 Å². The maximum atomic E-state index is 12.0. The van der Waals surface area contributed by atoms with Crippen molar-refractivity contribution in [2.24, 2.45) is 14.1 Å². The summed E-state index contributed by atoms with van der Waals surface area (Å²) in [5.74, 6) is -2.35. The summed E-state index contributed by atoms with van der Waals surface area (Å²) in [5, 5.41) is 22.2. The molecule has 2 rings (SSSR count). The second-order valence-corrected chi connectivity index (χ2v) is 5.63. The normalized spacial score (nSPS) is 10.6. The third-order valence-electron chi connectivity index (χ3n) is 3.45. The molecule has 0 aliphatic rings. The number of aryl methyl sites for hydroxylation is 2. The zero-order chi connectivity index (χ0) is 18.7. The van der Waals surface area contributed by atoms with Gasteiger partial charge in [0.05, 0.1) is 10.7 Å². The van der Waals surface area contributed by atoms with Gasteiger partial charge in [-0.2, -0.15) is 10.2 Å². The smallest absolute Gasteiger partial charge is 0.339 e. The Balaban J connectivity index is 1.89. The average Bonchev–Trinajstić information content (AvgIpc) is 3.07. The molecule has 0 spiro atoms. The van der Waals surface area contributed by atoms with Crippen LogP contribution in [-0.2, 0) is 14.1 Å². The minimum Gasteiger partial charge on any atom is -0.478 e. The van der Waals surface area contributed by atoms with Crippen molar-refractivity contribution in [2.45, 2.75) is 6.92 Å². The summed E-state index contributed by atoms with van der Waals surface area (Å²) in [4.78, 5) is 35.1. The van der Waals surface area contributed by atoms with Gasteiger partial charge in [-0.15, -0.1) is 0 Å². The largest absolute Gasteiger partial charge is 0.478 e. The molecule has 0 saturated heterocycles. The average molecular weight is 369 g/mol. The van der Waals surface area contributed by atoms with E-state index in [4.69, 9.17) is 16.7 Å². The molecule has 0 aromatic carbocycles. The number of hydrogen-bond acceptors (Lipinski definition) is 5. The Kier molecular flexibility index (Phi) is 5.42. The second kappa shape index (κ2) is 7.34. The van der Waals surface area contributed by atoms with Gasteiger partial charge in [-0.25, -0.2) is 4.79 Å². The fourth-order valence-corrected chi connectivity index (χ4v) is 2.31. The van der Waals surface area contributed by atoms with Crippen molar-refractivity contribution in [3.63, 3.8) is 0 Å². The third-order valence-corrected chi connectivity index (χ3v) is 3.90. The first-order valence-electron chi connectivity index (χ1n) is 7.24. The van der Waals surface area contributed by atoms with Crippen molar-refractivity contribution in [3.8, 4) is 0 Å². The number of aromatic nitrogens is 4. The van der Waals surface area contributed by atoms with Crippen molar-refractivity contribution >= 4 is 29.4 Å². The van der Waals surface area contributed by atoms with Gasteiger partial charge in [0.2, 0.25) is 0 Å². The van der Waals surface area contributed by atoms with Gasteiger partial charge in [0.1, 0.15) is 5.56 Å². The van der Waals surface area contributed by atoms with Gasteiger partial charge < -0.3 is 15.7 Å². The summed E-state index contributed by atoms with van der Waals surface area (Å²) in [6, 6.07) is 0. The number of carbonyl (C=O) groups is 3. The van der Waals surface area contributed by atoms with Gasteiger partial charge >= 0.3 is 5.97 Å². The zero-order valence-corrected chi connectivity index (χ0v) is 14.6. The molecule has 2 amide bonds. The van der Waals surface area contributed by atoms with Crippen molar-refractivity contribution in [1.29, 1.82) is 0 Å². The molecule has 11 heteroatoms. The Bertz CT molecular complexity index is 841. The maximum absolute atomic E-state index is 12.0. The Hall–Kier alpha value is -2.88. The predicted octanol–water partition coefficient (Wildman–Crippen LogP) is -0.0266. The Morgan fingerprint density at radius 2 is 1.68 bits per heavy atom. The van der Waals surface area contributed by atoms with E-state index in [0.717, 1.165) is 0 Å². The highest BCUT2D eigenvalue weighted by atomic mass is 35.5. The molecule has 2 heterocycles. The molecule has 0 atom stereocenters. The van der Waals surface area contributed by atoms with Crippen LogP contribution in [0.5, 0.6) is 0 Å². The molecule has 0 aliphatic heterocycles. The molecule has 0 aliphatic carbocycles.